The number of ether oxygens (including phenoxy) is 1. The number of benzene rings is 1. The summed E-state index contributed by atoms with van der Waals surface area (Å²) < 4.78 is 10.3. The summed E-state index contributed by atoms with van der Waals surface area (Å²) in [5.74, 6) is -0.385. The third-order valence-electron chi connectivity index (χ3n) is 3.13. The number of carboxylic acid groups (broad SMARTS) is 1. The van der Waals surface area contributed by atoms with Crippen LogP contribution in [0.3, 0.4) is 0 Å². The first-order valence-electron chi connectivity index (χ1n) is 6.66. The van der Waals surface area contributed by atoms with Crippen LogP contribution in [0.5, 0.6) is 0 Å². The van der Waals surface area contributed by atoms with Gasteiger partial charge in [0, 0.05) is 20.7 Å². The summed E-state index contributed by atoms with van der Waals surface area (Å²) >= 11 is 0. The molecule has 0 atom stereocenters. The van der Waals surface area contributed by atoms with Gasteiger partial charge in [0.15, 0.2) is 5.76 Å². The molecule has 1 N–H and O–H groups in total. The van der Waals surface area contributed by atoms with Crippen LogP contribution in [-0.4, -0.2) is 36.0 Å². The molecule has 2 aromatic rings. The number of amides is 1. The van der Waals surface area contributed by atoms with Crippen LogP contribution in [0.15, 0.2) is 40.8 Å². The molecule has 1 amide bonds. The number of hydrogen-bond donors (Lipinski definition) is 1. The molecule has 0 aliphatic carbocycles. The van der Waals surface area contributed by atoms with E-state index in [0.29, 0.717) is 18.9 Å². The van der Waals surface area contributed by atoms with Gasteiger partial charge in [-0.25, -0.2) is 4.79 Å². The summed E-state index contributed by atoms with van der Waals surface area (Å²) in [5, 5.41) is 8.85. The average molecular weight is 303 g/mol. The van der Waals surface area contributed by atoms with Crippen LogP contribution in [0.1, 0.15) is 32.2 Å². The largest absolute Gasteiger partial charge is 0.478 e. The zero-order valence-electron chi connectivity index (χ0n) is 12.4. The topological polar surface area (TPSA) is 80.0 Å². The molecule has 0 fully saturated rings. The van der Waals surface area contributed by atoms with E-state index in [1.54, 1.807) is 38.4 Å². The molecule has 0 aliphatic heterocycles. The van der Waals surface area contributed by atoms with Crippen LogP contribution in [0.25, 0.3) is 0 Å². The van der Waals surface area contributed by atoms with E-state index in [9.17, 15) is 9.59 Å². The van der Waals surface area contributed by atoms with Crippen molar-refractivity contribution >= 4 is 11.9 Å². The maximum absolute atomic E-state index is 12.2. The number of rotatable bonds is 6. The van der Waals surface area contributed by atoms with Gasteiger partial charge in [-0.1, -0.05) is 12.1 Å². The molecule has 0 saturated heterocycles. The number of aromatic carboxylic acids is 1. The first-order chi connectivity index (χ1) is 10.5. The van der Waals surface area contributed by atoms with Gasteiger partial charge in [0.25, 0.3) is 5.91 Å². The lowest BCUT2D eigenvalue weighted by molar-refractivity contribution is 0.0694. The Morgan fingerprint density at radius 2 is 1.86 bits per heavy atom. The first kappa shape index (κ1) is 15.8. The Hall–Kier alpha value is -2.60. The third-order valence-corrected chi connectivity index (χ3v) is 3.13. The standard InChI is InChI=1S/C16H17NO5/c1-17(9-11-3-5-12(6-4-11)16(19)20)15(18)14-8-7-13(22-14)10-21-2/h3-8H,9-10H2,1-2H3,(H,19,20). The molecule has 6 nitrogen and oxygen atoms in total. The van der Waals surface area contributed by atoms with Gasteiger partial charge in [0.1, 0.15) is 12.4 Å². The molecule has 1 heterocycles. The average Bonchev–Trinajstić information content (AvgIpc) is 2.96. The molecule has 0 spiro atoms. The number of furan rings is 1. The van der Waals surface area contributed by atoms with Crippen LogP contribution in [0.2, 0.25) is 0 Å². The maximum Gasteiger partial charge on any atom is 0.335 e. The van der Waals surface area contributed by atoms with Crippen molar-refractivity contribution in [3.05, 3.63) is 59.0 Å². The number of carboxylic acids is 1. The summed E-state index contributed by atoms with van der Waals surface area (Å²) in [6, 6.07) is 9.71. The molecule has 1 aromatic carbocycles. The second-order valence-corrected chi connectivity index (χ2v) is 4.86. The van der Waals surface area contributed by atoms with Gasteiger partial charge < -0.3 is 19.2 Å². The molecule has 22 heavy (non-hydrogen) atoms. The highest BCUT2D eigenvalue weighted by Crippen LogP contribution is 2.13. The minimum Gasteiger partial charge on any atom is -0.478 e. The van der Waals surface area contributed by atoms with Gasteiger partial charge in [-0.15, -0.1) is 0 Å². The molecule has 0 saturated carbocycles. The highest BCUT2D eigenvalue weighted by molar-refractivity contribution is 5.91. The Morgan fingerprint density at radius 1 is 1.18 bits per heavy atom. The van der Waals surface area contributed by atoms with Crippen molar-refractivity contribution in [2.24, 2.45) is 0 Å². The SMILES string of the molecule is COCc1ccc(C(=O)N(C)Cc2ccc(C(=O)O)cc2)o1. The van der Waals surface area contributed by atoms with E-state index in [4.69, 9.17) is 14.3 Å². The van der Waals surface area contributed by atoms with Crippen LogP contribution in [0.4, 0.5) is 0 Å². The zero-order chi connectivity index (χ0) is 16.1. The fourth-order valence-electron chi connectivity index (χ4n) is 2.00. The molecule has 0 unspecified atom stereocenters. The number of nitrogens with zero attached hydrogens (tertiary/aromatic N) is 1. The lowest BCUT2D eigenvalue weighted by atomic mass is 10.1. The summed E-state index contributed by atoms with van der Waals surface area (Å²) in [4.78, 5) is 24.5. The molecular weight excluding hydrogens is 286 g/mol. The minimum atomic E-state index is -0.975. The highest BCUT2D eigenvalue weighted by Gasteiger charge is 2.16. The van der Waals surface area contributed by atoms with E-state index in [2.05, 4.69) is 0 Å². The van der Waals surface area contributed by atoms with Crippen molar-refractivity contribution in [3.63, 3.8) is 0 Å². The molecule has 0 bridgehead atoms. The summed E-state index contributed by atoms with van der Waals surface area (Å²) in [5.41, 5.74) is 1.05. The zero-order valence-corrected chi connectivity index (χ0v) is 12.4. The minimum absolute atomic E-state index is 0.216. The van der Waals surface area contributed by atoms with E-state index in [1.807, 2.05) is 0 Å². The molecule has 2 rings (SSSR count). The summed E-state index contributed by atoms with van der Waals surface area (Å²) in [7, 11) is 3.21. The van der Waals surface area contributed by atoms with Crippen molar-refractivity contribution in [3.8, 4) is 0 Å². The lowest BCUT2D eigenvalue weighted by Crippen LogP contribution is -2.25. The Morgan fingerprint density at radius 3 is 2.45 bits per heavy atom. The summed E-state index contributed by atoms with van der Waals surface area (Å²) in [6.45, 7) is 0.673. The van der Waals surface area contributed by atoms with Crippen LogP contribution >= 0.6 is 0 Å². The molecule has 116 valence electrons. The van der Waals surface area contributed by atoms with Gasteiger partial charge >= 0.3 is 5.97 Å². The van der Waals surface area contributed by atoms with Crippen LogP contribution in [-0.2, 0) is 17.9 Å². The molecule has 6 heteroatoms. The Labute approximate surface area is 127 Å². The van der Waals surface area contributed by atoms with Gasteiger partial charge in [0.05, 0.1) is 5.56 Å². The van der Waals surface area contributed by atoms with Gasteiger partial charge in [-0.2, -0.15) is 0 Å². The molecule has 0 radical (unpaired) electrons. The number of carbonyl (C=O) groups is 2. The van der Waals surface area contributed by atoms with E-state index in [-0.39, 0.29) is 17.2 Å². The highest BCUT2D eigenvalue weighted by atomic mass is 16.5. The van der Waals surface area contributed by atoms with Crippen LogP contribution in [0, 0.1) is 0 Å². The molecule has 1 aromatic heterocycles. The van der Waals surface area contributed by atoms with Crippen molar-refractivity contribution < 1.29 is 23.8 Å². The Balaban J connectivity index is 2.02. The van der Waals surface area contributed by atoms with Gasteiger partial charge in [0.2, 0.25) is 0 Å². The second-order valence-electron chi connectivity index (χ2n) is 4.86. The summed E-state index contributed by atoms with van der Waals surface area (Å²) in [6.07, 6.45) is 0. The smallest absolute Gasteiger partial charge is 0.335 e. The maximum atomic E-state index is 12.2. The van der Waals surface area contributed by atoms with Crippen molar-refractivity contribution in [1.29, 1.82) is 0 Å². The van der Waals surface area contributed by atoms with Crippen molar-refractivity contribution in [2.45, 2.75) is 13.2 Å². The molecule has 0 aliphatic rings. The number of carbonyl (C=O) groups excluding carboxylic acids is 1. The fourth-order valence-corrected chi connectivity index (χ4v) is 2.00. The number of methoxy groups -OCH3 is 1. The Bertz CT molecular complexity index is 659. The van der Waals surface area contributed by atoms with E-state index >= 15 is 0 Å². The van der Waals surface area contributed by atoms with Crippen molar-refractivity contribution in [2.75, 3.05) is 14.2 Å². The fraction of sp³-hybridized carbons (Fsp3) is 0.250. The normalized spacial score (nSPS) is 10.5. The first-order valence-corrected chi connectivity index (χ1v) is 6.66. The quantitative estimate of drug-likeness (QED) is 0.886. The van der Waals surface area contributed by atoms with Crippen LogP contribution < -0.4 is 0 Å². The van der Waals surface area contributed by atoms with Gasteiger partial charge in [-0.3, -0.25) is 4.79 Å². The van der Waals surface area contributed by atoms with E-state index < -0.39 is 5.97 Å². The van der Waals surface area contributed by atoms with E-state index in [0.717, 1.165) is 5.56 Å². The predicted molar refractivity (Wildman–Crippen MR) is 78.6 cm³/mol. The lowest BCUT2D eigenvalue weighted by Gasteiger charge is -2.15. The monoisotopic (exact) mass is 303 g/mol. The second kappa shape index (κ2) is 6.91. The van der Waals surface area contributed by atoms with E-state index in [1.165, 1.54) is 17.0 Å². The van der Waals surface area contributed by atoms with Crippen molar-refractivity contribution in [1.82, 2.24) is 4.90 Å². The van der Waals surface area contributed by atoms with Gasteiger partial charge in [-0.05, 0) is 29.8 Å². The predicted octanol–water partition coefficient (Wildman–Crippen LogP) is 2.40. The third kappa shape index (κ3) is 3.73. The number of hydrogen-bond acceptors (Lipinski definition) is 4. The molecular formula is C16H17NO5. The Kier molecular flexibility index (Phi) is 4.95.